The molecule has 0 aliphatic rings. The molecule has 2 heteroatoms. The summed E-state index contributed by atoms with van der Waals surface area (Å²) in [6.45, 7) is 17.6. The van der Waals surface area contributed by atoms with Gasteiger partial charge in [0, 0.05) is 34.1 Å². The fraction of sp³-hybridized carbons (Fsp3) is 0.182. The molecular weight excluding hydrogens is 556 g/mol. The van der Waals surface area contributed by atoms with E-state index in [0.717, 1.165) is 22.7 Å². The highest BCUT2D eigenvalue weighted by Gasteiger charge is 2.20. The third-order valence-corrected chi connectivity index (χ3v) is 8.97. The lowest BCUT2D eigenvalue weighted by Crippen LogP contribution is -2.12. The molecule has 0 aliphatic carbocycles. The first kappa shape index (κ1) is 30.9. The van der Waals surface area contributed by atoms with E-state index in [4.69, 9.17) is 0 Å². The minimum absolute atomic E-state index is 1.16. The van der Waals surface area contributed by atoms with Gasteiger partial charge < -0.3 is 9.80 Å². The summed E-state index contributed by atoms with van der Waals surface area (Å²) in [7, 11) is 0. The molecule has 0 saturated heterocycles. The number of benzene rings is 6. The second-order valence-electron chi connectivity index (χ2n) is 12.9. The van der Waals surface area contributed by atoms with Gasteiger partial charge in [-0.2, -0.15) is 0 Å². The molecule has 0 amide bonds. The van der Waals surface area contributed by atoms with Crippen LogP contribution in [0.2, 0.25) is 0 Å². The molecule has 0 spiro atoms. The molecule has 0 heterocycles. The number of hydrogen-bond donors (Lipinski definition) is 0. The largest absolute Gasteiger partial charge is 0.310 e. The summed E-state index contributed by atoms with van der Waals surface area (Å²) in [6.07, 6.45) is 0. The van der Waals surface area contributed by atoms with Crippen LogP contribution in [0.25, 0.3) is 11.1 Å². The lowest BCUT2D eigenvalue weighted by molar-refractivity contribution is 1.23. The highest BCUT2D eigenvalue weighted by Crippen LogP contribution is 2.43. The van der Waals surface area contributed by atoms with Crippen molar-refractivity contribution >= 4 is 34.1 Å². The molecule has 0 bridgehead atoms. The lowest BCUT2D eigenvalue weighted by atomic mass is 9.88. The van der Waals surface area contributed by atoms with Crippen molar-refractivity contribution in [1.82, 2.24) is 0 Å². The third kappa shape index (κ3) is 6.21. The maximum Gasteiger partial charge on any atom is 0.0467 e. The van der Waals surface area contributed by atoms with E-state index in [0.29, 0.717) is 0 Å². The number of hydrogen-bond acceptors (Lipinski definition) is 2. The van der Waals surface area contributed by atoms with Gasteiger partial charge in [0.25, 0.3) is 0 Å². The fourth-order valence-corrected chi connectivity index (χ4v) is 6.60. The van der Waals surface area contributed by atoms with E-state index in [1.165, 1.54) is 67.0 Å². The molecule has 6 aromatic rings. The Bertz CT molecular complexity index is 1700. The Morgan fingerprint density at radius 1 is 0.261 bits per heavy atom. The molecule has 0 radical (unpaired) electrons. The molecule has 6 aromatic carbocycles. The van der Waals surface area contributed by atoms with Crippen molar-refractivity contribution in [2.24, 2.45) is 0 Å². The van der Waals surface area contributed by atoms with Gasteiger partial charge in [-0.3, -0.25) is 0 Å². The van der Waals surface area contributed by atoms with E-state index in [9.17, 15) is 0 Å². The van der Waals surface area contributed by atoms with Gasteiger partial charge in [0.05, 0.1) is 0 Å². The van der Waals surface area contributed by atoms with Crippen LogP contribution in [0.3, 0.4) is 0 Å². The van der Waals surface area contributed by atoms with Crippen LogP contribution in [0.15, 0.2) is 121 Å². The van der Waals surface area contributed by atoms with Gasteiger partial charge in [0.15, 0.2) is 0 Å². The summed E-state index contributed by atoms with van der Waals surface area (Å²) in [6, 6.07) is 44.6. The van der Waals surface area contributed by atoms with Gasteiger partial charge in [-0.15, -0.1) is 0 Å². The Morgan fingerprint density at radius 3 is 0.652 bits per heavy atom. The van der Waals surface area contributed by atoms with Crippen LogP contribution in [0.4, 0.5) is 34.1 Å². The van der Waals surface area contributed by atoms with Crippen molar-refractivity contribution in [3.8, 4) is 11.1 Å². The first-order chi connectivity index (χ1) is 22.1. The van der Waals surface area contributed by atoms with Gasteiger partial charge in [0.1, 0.15) is 0 Å². The molecule has 0 atom stereocenters. The molecule has 230 valence electrons. The van der Waals surface area contributed by atoms with Gasteiger partial charge >= 0.3 is 0 Å². The second-order valence-corrected chi connectivity index (χ2v) is 12.9. The van der Waals surface area contributed by atoms with Crippen molar-refractivity contribution in [2.75, 3.05) is 9.80 Å². The topological polar surface area (TPSA) is 6.48 Å². The Hall–Kier alpha value is -5.08. The zero-order valence-electron chi connectivity index (χ0n) is 28.4. The molecule has 0 aromatic heterocycles. The van der Waals surface area contributed by atoms with Crippen molar-refractivity contribution in [3.05, 3.63) is 166 Å². The van der Waals surface area contributed by atoms with Crippen LogP contribution in [0, 0.1) is 55.4 Å². The van der Waals surface area contributed by atoms with Gasteiger partial charge in [-0.05, 0) is 162 Å². The van der Waals surface area contributed by atoms with E-state index < -0.39 is 0 Å². The van der Waals surface area contributed by atoms with Crippen LogP contribution in [-0.4, -0.2) is 0 Å². The smallest absolute Gasteiger partial charge is 0.0467 e. The molecule has 46 heavy (non-hydrogen) atoms. The zero-order chi connectivity index (χ0) is 32.5. The molecule has 0 unspecified atom stereocenters. The standard InChI is InChI=1S/C44H44N2/c1-29-9-17-37(18-10-29)45(38-19-11-30(2)12-20-38)41-25-33(5)43(34(6)26-41)44-35(7)27-42(28-36(44)8)46(39-21-13-31(3)14-22-39)40-23-15-32(4)16-24-40/h9-28H,1-8H3. The van der Waals surface area contributed by atoms with Crippen LogP contribution < -0.4 is 9.80 Å². The second kappa shape index (κ2) is 12.7. The number of rotatable bonds is 7. The van der Waals surface area contributed by atoms with Crippen LogP contribution in [0.1, 0.15) is 44.5 Å². The van der Waals surface area contributed by atoms with E-state index >= 15 is 0 Å². The first-order valence-electron chi connectivity index (χ1n) is 16.2. The Labute approximate surface area is 275 Å². The molecule has 0 fully saturated rings. The maximum atomic E-state index is 2.37. The molecule has 2 nitrogen and oxygen atoms in total. The monoisotopic (exact) mass is 600 g/mol. The van der Waals surface area contributed by atoms with E-state index in [-0.39, 0.29) is 0 Å². The average molecular weight is 601 g/mol. The van der Waals surface area contributed by atoms with Gasteiger partial charge in [0.2, 0.25) is 0 Å². The minimum atomic E-state index is 1.16. The molecular formula is C44H44N2. The van der Waals surface area contributed by atoms with Crippen molar-refractivity contribution < 1.29 is 0 Å². The molecule has 0 saturated carbocycles. The quantitative estimate of drug-likeness (QED) is 0.180. The molecule has 6 rings (SSSR count). The summed E-state index contributed by atoms with van der Waals surface area (Å²) in [5, 5.41) is 0. The SMILES string of the molecule is Cc1ccc(N(c2ccc(C)cc2)c2cc(C)c(-c3c(C)cc(N(c4ccc(C)cc4)c4ccc(C)cc4)cc3C)c(C)c2)cc1. The number of anilines is 6. The van der Waals surface area contributed by atoms with E-state index in [1.54, 1.807) is 0 Å². The van der Waals surface area contributed by atoms with Crippen LogP contribution in [0.5, 0.6) is 0 Å². The predicted molar refractivity (Wildman–Crippen MR) is 199 cm³/mol. The zero-order valence-corrected chi connectivity index (χ0v) is 28.4. The minimum Gasteiger partial charge on any atom is -0.310 e. The highest BCUT2D eigenvalue weighted by molar-refractivity contribution is 5.86. The van der Waals surface area contributed by atoms with Gasteiger partial charge in [-0.25, -0.2) is 0 Å². The number of aryl methyl sites for hydroxylation is 8. The Kier molecular flexibility index (Phi) is 8.56. The maximum absolute atomic E-state index is 2.37. The summed E-state index contributed by atoms with van der Waals surface area (Å²) in [5.41, 5.74) is 19.7. The van der Waals surface area contributed by atoms with Crippen molar-refractivity contribution in [3.63, 3.8) is 0 Å². The normalized spacial score (nSPS) is 11.0. The molecule has 0 N–H and O–H groups in total. The predicted octanol–water partition coefficient (Wildman–Crippen LogP) is 12.8. The first-order valence-corrected chi connectivity index (χ1v) is 16.2. The number of nitrogens with zero attached hydrogens (tertiary/aromatic N) is 2. The summed E-state index contributed by atoms with van der Waals surface area (Å²) < 4.78 is 0. The highest BCUT2D eigenvalue weighted by atomic mass is 15.1. The van der Waals surface area contributed by atoms with Crippen molar-refractivity contribution in [1.29, 1.82) is 0 Å². The van der Waals surface area contributed by atoms with E-state index in [2.05, 4.69) is 187 Å². The van der Waals surface area contributed by atoms with Crippen LogP contribution in [-0.2, 0) is 0 Å². The average Bonchev–Trinajstić information content (AvgIpc) is 3.02. The summed E-state index contributed by atoms with van der Waals surface area (Å²) >= 11 is 0. The van der Waals surface area contributed by atoms with Crippen molar-refractivity contribution in [2.45, 2.75) is 55.4 Å². The molecule has 0 aliphatic heterocycles. The third-order valence-electron chi connectivity index (χ3n) is 8.97. The lowest BCUT2D eigenvalue weighted by Gasteiger charge is -2.29. The van der Waals surface area contributed by atoms with Gasteiger partial charge in [-0.1, -0.05) is 70.8 Å². The van der Waals surface area contributed by atoms with E-state index in [1.807, 2.05) is 0 Å². The Morgan fingerprint density at radius 2 is 0.457 bits per heavy atom. The summed E-state index contributed by atoms with van der Waals surface area (Å²) in [4.78, 5) is 4.74. The Balaban J connectivity index is 1.45. The summed E-state index contributed by atoms with van der Waals surface area (Å²) in [5.74, 6) is 0. The fourth-order valence-electron chi connectivity index (χ4n) is 6.60. The van der Waals surface area contributed by atoms with Crippen LogP contribution >= 0.6 is 0 Å².